The number of nitrogens with two attached hydrogens (primary N) is 2. The Labute approximate surface area is 135 Å². The van der Waals surface area contributed by atoms with Crippen LogP contribution in [0.25, 0.3) is 0 Å². The largest absolute Gasteiger partial charge is 0.368 e. The molecule has 3 heterocycles. The van der Waals surface area contributed by atoms with Gasteiger partial charge in [0.05, 0.1) is 5.75 Å². The average Bonchev–Trinajstić information content (AvgIpc) is 3.13. The molecule has 0 radical (unpaired) electrons. The van der Waals surface area contributed by atoms with Crippen molar-refractivity contribution in [3.8, 4) is 0 Å². The molecule has 0 unspecified atom stereocenters. The fourth-order valence-corrected chi connectivity index (χ4v) is 3.34. The van der Waals surface area contributed by atoms with Crippen molar-refractivity contribution in [1.29, 1.82) is 0 Å². The van der Waals surface area contributed by atoms with Gasteiger partial charge in [0, 0.05) is 11.4 Å². The van der Waals surface area contributed by atoms with Gasteiger partial charge < -0.3 is 16.0 Å². The van der Waals surface area contributed by atoms with Crippen LogP contribution in [0.4, 0.5) is 11.9 Å². The maximum atomic E-state index is 5.56. The minimum absolute atomic E-state index is 0.127. The third-order valence-corrected chi connectivity index (χ3v) is 4.72. The predicted molar refractivity (Wildman–Crippen MR) is 86.3 cm³/mol. The zero-order chi connectivity index (χ0) is 15.4. The van der Waals surface area contributed by atoms with Crippen molar-refractivity contribution in [3.05, 3.63) is 34.5 Å². The van der Waals surface area contributed by atoms with Gasteiger partial charge in [0.15, 0.2) is 5.16 Å². The Bertz CT molecular complexity index is 719. The van der Waals surface area contributed by atoms with Gasteiger partial charge in [-0.05, 0) is 17.9 Å². The van der Waals surface area contributed by atoms with E-state index >= 15 is 0 Å². The molecule has 22 heavy (non-hydrogen) atoms. The molecule has 0 aliphatic heterocycles. The fraction of sp³-hybridized carbons (Fsp3) is 0.250. The second kappa shape index (κ2) is 6.71. The minimum Gasteiger partial charge on any atom is -0.368 e. The standard InChI is InChI=1S/C12H14N8S2/c13-10-16-9(17-11(14)18-10)6-22-12-19-15-7-20(12)4-3-8-2-1-5-21-8/h1-2,5,7H,3-4,6H2,(H4,13,14,16,17,18). The normalized spacial score (nSPS) is 10.9. The first-order chi connectivity index (χ1) is 10.7. The van der Waals surface area contributed by atoms with E-state index in [9.17, 15) is 0 Å². The van der Waals surface area contributed by atoms with Crippen LogP contribution in [0.3, 0.4) is 0 Å². The van der Waals surface area contributed by atoms with Crippen molar-refractivity contribution in [2.75, 3.05) is 11.5 Å². The molecular formula is C12H14N8S2. The Morgan fingerprint density at radius 2 is 2.00 bits per heavy atom. The molecule has 4 N–H and O–H groups in total. The zero-order valence-electron chi connectivity index (χ0n) is 11.6. The van der Waals surface area contributed by atoms with E-state index in [0.717, 1.165) is 18.1 Å². The Kier molecular flexibility index (Phi) is 4.49. The highest BCUT2D eigenvalue weighted by Crippen LogP contribution is 2.20. The Balaban J connectivity index is 1.62. The van der Waals surface area contributed by atoms with E-state index in [1.807, 2.05) is 4.57 Å². The summed E-state index contributed by atoms with van der Waals surface area (Å²) in [6.07, 6.45) is 2.68. The van der Waals surface area contributed by atoms with Crippen molar-refractivity contribution in [2.45, 2.75) is 23.9 Å². The number of anilines is 2. The molecule has 3 rings (SSSR count). The summed E-state index contributed by atoms with van der Waals surface area (Å²) in [5.74, 6) is 1.29. The molecule has 0 atom stereocenters. The van der Waals surface area contributed by atoms with Crippen LogP contribution in [0.2, 0.25) is 0 Å². The number of hydrogen-bond acceptors (Lipinski definition) is 9. The smallest absolute Gasteiger partial charge is 0.225 e. The van der Waals surface area contributed by atoms with Crippen molar-refractivity contribution in [2.24, 2.45) is 0 Å². The van der Waals surface area contributed by atoms with Crippen LogP contribution >= 0.6 is 23.1 Å². The van der Waals surface area contributed by atoms with E-state index < -0.39 is 0 Å². The number of aromatic nitrogens is 6. The molecule has 3 aromatic rings. The van der Waals surface area contributed by atoms with Crippen molar-refractivity contribution >= 4 is 35.0 Å². The SMILES string of the molecule is Nc1nc(N)nc(CSc2nncn2CCc2cccs2)n1. The Morgan fingerprint density at radius 1 is 1.18 bits per heavy atom. The first kappa shape index (κ1) is 14.7. The van der Waals surface area contributed by atoms with Crippen molar-refractivity contribution in [1.82, 2.24) is 29.7 Å². The summed E-state index contributed by atoms with van der Waals surface area (Å²) in [5.41, 5.74) is 11.1. The third-order valence-electron chi connectivity index (χ3n) is 2.81. The van der Waals surface area contributed by atoms with Crippen LogP contribution in [-0.2, 0) is 18.7 Å². The predicted octanol–water partition coefficient (Wildman–Crippen LogP) is 1.22. The van der Waals surface area contributed by atoms with Crippen LogP contribution in [0.1, 0.15) is 10.7 Å². The summed E-state index contributed by atoms with van der Waals surface area (Å²) < 4.78 is 2.01. The summed E-state index contributed by atoms with van der Waals surface area (Å²) in [6.45, 7) is 0.831. The summed E-state index contributed by atoms with van der Waals surface area (Å²) in [7, 11) is 0. The number of rotatable bonds is 6. The first-order valence-electron chi connectivity index (χ1n) is 6.49. The maximum absolute atomic E-state index is 5.56. The molecule has 3 aromatic heterocycles. The third kappa shape index (κ3) is 3.71. The number of nitrogens with zero attached hydrogens (tertiary/aromatic N) is 6. The van der Waals surface area contributed by atoms with E-state index in [0.29, 0.717) is 11.6 Å². The van der Waals surface area contributed by atoms with Crippen LogP contribution in [0.15, 0.2) is 29.0 Å². The lowest BCUT2D eigenvalue weighted by Gasteiger charge is -2.05. The molecule has 8 nitrogen and oxygen atoms in total. The Morgan fingerprint density at radius 3 is 2.73 bits per heavy atom. The van der Waals surface area contributed by atoms with Crippen molar-refractivity contribution in [3.63, 3.8) is 0 Å². The molecule has 0 saturated heterocycles. The molecule has 0 bridgehead atoms. The van der Waals surface area contributed by atoms with E-state index in [1.165, 1.54) is 16.6 Å². The number of thioether (sulfide) groups is 1. The summed E-state index contributed by atoms with van der Waals surface area (Å²) in [6, 6.07) is 4.18. The molecule has 0 spiro atoms. The molecule has 0 fully saturated rings. The average molecular weight is 334 g/mol. The summed E-state index contributed by atoms with van der Waals surface area (Å²) >= 11 is 3.24. The topological polar surface area (TPSA) is 121 Å². The number of nitrogen functional groups attached to an aromatic ring is 2. The highest BCUT2D eigenvalue weighted by atomic mass is 32.2. The van der Waals surface area contributed by atoms with Gasteiger partial charge in [-0.2, -0.15) is 15.0 Å². The van der Waals surface area contributed by atoms with Gasteiger partial charge in [0.1, 0.15) is 12.2 Å². The van der Waals surface area contributed by atoms with Crippen LogP contribution in [0.5, 0.6) is 0 Å². The van der Waals surface area contributed by atoms with Gasteiger partial charge in [-0.3, -0.25) is 0 Å². The van der Waals surface area contributed by atoms with E-state index in [1.54, 1.807) is 17.7 Å². The Hall–Kier alpha value is -2.20. The first-order valence-corrected chi connectivity index (χ1v) is 8.36. The highest BCUT2D eigenvalue weighted by molar-refractivity contribution is 7.98. The molecular weight excluding hydrogens is 320 g/mol. The quantitative estimate of drug-likeness (QED) is 0.645. The summed E-state index contributed by atoms with van der Waals surface area (Å²) in [5, 5.41) is 11.0. The van der Waals surface area contributed by atoms with E-state index in [4.69, 9.17) is 11.5 Å². The minimum atomic E-state index is 0.127. The number of aryl methyl sites for hydroxylation is 2. The highest BCUT2D eigenvalue weighted by Gasteiger charge is 2.08. The van der Waals surface area contributed by atoms with Crippen LogP contribution < -0.4 is 11.5 Å². The second-order valence-electron chi connectivity index (χ2n) is 4.39. The molecule has 0 aliphatic carbocycles. The number of hydrogen-bond donors (Lipinski definition) is 2. The van der Waals surface area contributed by atoms with Crippen LogP contribution in [0, 0.1) is 0 Å². The summed E-state index contributed by atoms with van der Waals surface area (Å²) in [4.78, 5) is 13.2. The van der Waals surface area contributed by atoms with Crippen molar-refractivity contribution < 1.29 is 0 Å². The second-order valence-corrected chi connectivity index (χ2v) is 6.37. The van der Waals surface area contributed by atoms with Gasteiger partial charge in [-0.1, -0.05) is 17.8 Å². The van der Waals surface area contributed by atoms with Gasteiger partial charge >= 0.3 is 0 Å². The molecule has 0 aromatic carbocycles. The lowest BCUT2D eigenvalue weighted by atomic mass is 10.3. The monoisotopic (exact) mass is 334 g/mol. The zero-order valence-corrected chi connectivity index (χ0v) is 13.2. The molecule has 0 amide bonds. The van der Waals surface area contributed by atoms with E-state index in [-0.39, 0.29) is 11.9 Å². The van der Waals surface area contributed by atoms with Gasteiger partial charge in [-0.25, -0.2) is 0 Å². The maximum Gasteiger partial charge on any atom is 0.225 e. The van der Waals surface area contributed by atoms with Gasteiger partial charge in [0.25, 0.3) is 0 Å². The van der Waals surface area contributed by atoms with Crippen LogP contribution in [-0.4, -0.2) is 29.7 Å². The molecule has 114 valence electrons. The van der Waals surface area contributed by atoms with E-state index in [2.05, 4.69) is 42.7 Å². The van der Waals surface area contributed by atoms with Gasteiger partial charge in [0.2, 0.25) is 11.9 Å². The fourth-order valence-electron chi connectivity index (χ4n) is 1.85. The van der Waals surface area contributed by atoms with Gasteiger partial charge in [-0.15, -0.1) is 21.5 Å². The molecule has 10 heteroatoms. The lowest BCUT2D eigenvalue weighted by molar-refractivity contribution is 0.637. The number of thiophene rings is 1. The molecule has 0 saturated carbocycles. The molecule has 0 aliphatic rings. The lowest BCUT2D eigenvalue weighted by Crippen LogP contribution is -2.06.